The summed E-state index contributed by atoms with van der Waals surface area (Å²) in [6.45, 7) is -0.130. The van der Waals surface area contributed by atoms with Crippen LogP contribution in [0.1, 0.15) is 12.8 Å². The normalized spacial score (nSPS) is 12.3. The number of aliphatic carboxylic acids is 2. The second-order valence-corrected chi connectivity index (χ2v) is 7.87. The van der Waals surface area contributed by atoms with Gasteiger partial charge in [-0.25, -0.2) is 0 Å². The Bertz CT molecular complexity index is 798. The third kappa shape index (κ3) is 11.0. The molecule has 0 aliphatic rings. The van der Waals surface area contributed by atoms with Crippen LogP contribution in [0.15, 0.2) is 24.3 Å². The summed E-state index contributed by atoms with van der Waals surface area (Å²) in [4.78, 5) is 45.7. The SMILES string of the molecule is N[C@@H](CCC(=O)N[C@@H](CSCCNc1cccc(B(O)O)c1)C(=O)NCC(=O)O)C(=O)O. The monoisotopic (exact) mass is 470 g/mol. The first-order valence-electron chi connectivity index (χ1n) is 9.65. The molecule has 0 radical (unpaired) electrons. The number of amides is 2. The molecule has 0 unspecified atom stereocenters. The van der Waals surface area contributed by atoms with Crippen LogP contribution in [-0.2, 0) is 19.2 Å². The van der Waals surface area contributed by atoms with Crippen LogP contribution in [-0.4, -0.2) is 87.8 Å². The van der Waals surface area contributed by atoms with E-state index in [1.165, 1.54) is 11.8 Å². The zero-order chi connectivity index (χ0) is 24.1. The van der Waals surface area contributed by atoms with E-state index in [9.17, 15) is 29.2 Å². The van der Waals surface area contributed by atoms with Gasteiger partial charge in [0.05, 0.1) is 0 Å². The molecule has 0 aromatic heterocycles. The number of carboxylic acid groups (broad SMARTS) is 2. The van der Waals surface area contributed by atoms with E-state index >= 15 is 0 Å². The minimum Gasteiger partial charge on any atom is -0.480 e. The maximum absolute atomic E-state index is 12.2. The molecule has 0 bridgehead atoms. The van der Waals surface area contributed by atoms with E-state index in [1.807, 2.05) is 0 Å². The fourth-order valence-electron chi connectivity index (χ4n) is 2.42. The summed E-state index contributed by atoms with van der Waals surface area (Å²) in [7, 11) is -1.58. The largest absolute Gasteiger partial charge is 0.488 e. The topological polar surface area (TPSA) is 211 Å². The number of carbonyl (C=O) groups excluding carboxylic acids is 2. The second-order valence-electron chi connectivity index (χ2n) is 6.72. The fourth-order valence-corrected chi connectivity index (χ4v) is 3.31. The van der Waals surface area contributed by atoms with Crippen molar-refractivity contribution >= 4 is 53.8 Å². The molecule has 14 heteroatoms. The average Bonchev–Trinajstić information content (AvgIpc) is 2.74. The van der Waals surface area contributed by atoms with Gasteiger partial charge >= 0.3 is 19.1 Å². The first-order valence-corrected chi connectivity index (χ1v) is 10.8. The summed E-state index contributed by atoms with van der Waals surface area (Å²) in [6, 6.07) is 4.35. The van der Waals surface area contributed by atoms with Crippen LogP contribution >= 0.6 is 11.8 Å². The maximum Gasteiger partial charge on any atom is 0.488 e. The van der Waals surface area contributed by atoms with Crippen LogP contribution in [0.25, 0.3) is 0 Å². The van der Waals surface area contributed by atoms with Crippen molar-refractivity contribution in [3.63, 3.8) is 0 Å². The lowest BCUT2D eigenvalue weighted by atomic mass is 9.80. The molecule has 0 fully saturated rings. The number of hydrogen-bond acceptors (Lipinski definition) is 9. The van der Waals surface area contributed by atoms with Crippen LogP contribution in [0.4, 0.5) is 5.69 Å². The van der Waals surface area contributed by atoms with Crippen LogP contribution in [0.3, 0.4) is 0 Å². The average molecular weight is 470 g/mol. The molecule has 9 N–H and O–H groups in total. The standard InChI is InChI=1S/C18H27BN4O8S/c20-13(18(28)29)4-5-15(24)23-14(17(27)22-9-16(25)26)10-32-7-6-21-12-3-1-2-11(8-12)19(30)31/h1-3,8,13-14,21,30-31H,4-7,9-10,20H2,(H,22,27)(H,23,24)(H,25,26)(H,28,29)/t13-,14-/m0/s1. The highest BCUT2D eigenvalue weighted by Crippen LogP contribution is 2.08. The molecular formula is C18H27BN4O8S. The molecule has 0 spiro atoms. The lowest BCUT2D eigenvalue weighted by Gasteiger charge is -2.18. The molecule has 0 heterocycles. The van der Waals surface area contributed by atoms with Crippen LogP contribution in [0, 0.1) is 0 Å². The first-order chi connectivity index (χ1) is 15.1. The predicted molar refractivity (Wildman–Crippen MR) is 120 cm³/mol. The van der Waals surface area contributed by atoms with E-state index in [-0.39, 0.29) is 18.6 Å². The molecular weight excluding hydrogens is 443 g/mol. The number of carbonyl (C=O) groups is 4. The number of anilines is 1. The van der Waals surface area contributed by atoms with Gasteiger partial charge in [0.1, 0.15) is 18.6 Å². The van der Waals surface area contributed by atoms with Gasteiger partial charge < -0.3 is 41.9 Å². The zero-order valence-corrected chi connectivity index (χ0v) is 18.0. The summed E-state index contributed by atoms with van der Waals surface area (Å²) in [6.07, 6.45) is -0.307. The molecule has 0 aliphatic heterocycles. The van der Waals surface area contributed by atoms with Crippen molar-refractivity contribution in [3.05, 3.63) is 24.3 Å². The van der Waals surface area contributed by atoms with Crippen molar-refractivity contribution in [2.75, 3.05) is 29.9 Å². The maximum atomic E-state index is 12.2. The van der Waals surface area contributed by atoms with E-state index in [1.54, 1.807) is 24.3 Å². The summed E-state index contributed by atoms with van der Waals surface area (Å²) < 4.78 is 0. The molecule has 12 nitrogen and oxygen atoms in total. The van der Waals surface area contributed by atoms with E-state index < -0.39 is 49.5 Å². The van der Waals surface area contributed by atoms with E-state index in [0.29, 0.717) is 23.4 Å². The zero-order valence-electron chi connectivity index (χ0n) is 17.2. The predicted octanol–water partition coefficient (Wildman–Crippen LogP) is -2.61. The number of rotatable bonds is 15. The molecule has 0 aliphatic carbocycles. The third-order valence-electron chi connectivity index (χ3n) is 4.11. The quantitative estimate of drug-likeness (QED) is 0.0983. The summed E-state index contributed by atoms with van der Waals surface area (Å²) in [5, 5.41) is 43.6. The van der Waals surface area contributed by atoms with Gasteiger partial charge in [0.25, 0.3) is 0 Å². The van der Waals surface area contributed by atoms with E-state index in [0.717, 1.165) is 0 Å². The van der Waals surface area contributed by atoms with Gasteiger partial charge in [-0.1, -0.05) is 12.1 Å². The lowest BCUT2D eigenvalue weighted by molar-refractivity contribution is -0.139. The Kier molecular flexibility index (Phi) is 12.2. The second kappa shape index (κ2) is 14.3. The Morgan fingerprint density at radius 1 is 1.16 bits per heavy atom. The summed E-state index contributed by atoms with van der Waals surface area (Å²) in [5.74, 6) is -3.05. The first kappa shape index (κ1) is 27.2. The van der Waals surface area contributed by atoms with Crippen molar-refractivity contribution in [2.24, 2.45) is 5.73 Å². The highest BCUT2D eigenvalue weighted by molar-refractivity contribution is 7.99. The number of carboxylic acids is 2. The molecule has 2 amide bonds. The van der Waals surface area contributed by atoms with Crippen molar-refractivity contribution in [1.29, 1.82) is 0 Å². The highest BCUT2D eigenvalue weighted by Gasteiger charge is 2.22. The Labute approximate surface area is 189 Å². The van der Waals surface area contributed by atoms with Crippen LogP contribution < -0.4 is 27.1 Å². The molecule has 0 saturated heterocycles. The van der Waals surface area contributed by atoms with Crippen molar-refractivity contribution in [3.8, 4) is 0 Å². The molecule has 32 heavy (non-hydrogen) atoms. The van der Waals surface area contributed by atoms with Crippen molar-refractivity contribution < 1.29 is 39.4 Å². The summed E-state index contributed by atoms with van der Waals surface area (Å²) >= 11 is 1.32. The van der Waals surface area contributed by atoms with Gasteiger partial charge in [0.2, 0.25) is 11.8 Å². The van der Waals surface area contributed by atoms with Gasteiger partial charge in [-0.2, -0.15) is 11.8 Å². The van der Waals surface area contributed by atoms with E-state index in [4.69, 9.17) is 15.9 Å². The van der Waals surface area contributed by atoms with Crippen LogP contribution in [0.2, 0.25) is 0 Å². The van der Waals surface area contributed by atoms with Crippen LogP contribution in [0.5, 0.6) is 0 Å². The van der Waals surface area contributed by atoms with E-state index in [2.05, 4.69) is 16.0 Å². The third-order valence-corrected chi connectivity index (χ3v) is 5.17. The van der Waals surface area contributed by atoms with Crippen molar-refractivity contribution in [2.45, 2.75) is 24.9 Å². The van der Waals surface area contributed by atoms with Gasteiger partial charge in [0.15, 0.2) is 0 Å². The minimum atomic E-state index is -1.58. The Balaban J connectivity index is 2.53. The van der Waals surface area contributed by atoms with Gasteiger partial charge in [-0.15, -0.1) is 0 Å². The molecule has 176 valence electrons. The highest BCUT2D eigenvalue weighted by atomic mass is 32.2. The van der Waals surface area contributed by atoms with Crippen molar-refractivity contribution in [1.82, 2.24) is 10.6 Å². The molecule has 1 aromatic carbocycles. The molecule has 1 aromatic rings. The molecule has 0 saturated carbocycles. The fraction of sp³-hybridized carbons (Fsp3) is 0.444. The van der Waals surface area contributed by atoms with Gasteiger partial charge in [-0.05, 0) is 24.0 Å². The number of hydrogen-bond donors (Lipinski definition) is 8. The molecule has 1 rings (SSSR count). The molecule has 2 atom stereocenters. The number of benzene rings is 1. The Morgan fingerprint density at radius 3 is 2.50 bits per heavy atom. The minimum absolute atomic E-state index is 0.108. The number of thioether (sulfide) groups is 1. The van der Waals surface area contributed by atoms with Gasteiger partial charge in [-0.3, -0.25) is 19.2 Å². The smallest absolute Gasteiger partial charge is 0.480 e. The van der Waals surface area contributed by atoms with Gasteiger partial charge in [0, 0.05) is 30.2 Å². The Morgan fingerprint density at radius 2 is 1.88 bits per heavy atom. The summed E-state index contributed by atoms with van der Waals surface area (Å²) in [5.41, 5.74) is 6.37. The number of nitrogens with two attached hydrogens (primary N) is 1. The number of nitrogens with one attached hydrogen (secondary N) is 3. The Hall–Kier alpha value is -2.81. The lowest BCUT2D eigenvalue weighted by Crippen LogP contribution is -2.49.